The fourth-order valence-electron chi connectivity index (χ4n) is 1.38. The standard InChI is InChI=1S/C10H8N2/c1-11-10-7-8-5-3-4-6-9(8)12(10)2/h3-7H,2H3. The maximum Gasteiger partial charge on any atom is 0.231 e. The molecule has 0 unspecified atom stereocenters. The molecule has 2 aromatic rings. The van der Waals surface area contributed by atoms with Gasteiger partial charge in [0.15, 0.2) is 0 Å². The summed E-state index contributed by atoms with van der Waals surface area (Å²) < 4.78 is 1.91. The number of nitrogens with zero attached hydrogens (tertiary/aromatic N) is 2. The minimum Gasteiger partial charge on any atom is -0.364 e. The zero-order valence-electron chi connectivity index (χ0n) is 6.78. The average molecular weight is 156 g/mol. The fraction of sp³-hybridized carbons (Fsp3) is 0.100. The van der Waals surface area contributed by atoms with Gasteiger partial charge in [0.25, 0.3) is 0 Å². The molecule has 2 nitrogen and oxygen atoms in total. The lowest BCUT2D eigenvalue weighted by atomic mass is 10.2. The second-order valence-electron chi connectivity index (χ2n) is 2.73. The van der Waals surface area contributed by atoms with Crippen LogP contribution in [0, 0.1) is 6.57 Å². The van der Waals surface area contributed by atoms with Crippen molar-refractivity contribution in [3.63, 3.8) is 0 Å². The van der Waals surface area contributed by atoms with Crippen LogP contribution in [-0.4, -0.2) is 4.57 Å². The molecule has 0 saturated carbocycles. The molecule has 12 heavy (non-hydrogen) atoms. The second-order valence-corrected chi connectivity index (χ2v) is 2.73. The van der Waals surface area contributed by atoms with E-state index in [-0.39, 0.29) is 0 Å². The van der Waals surface area contributed by atoms with Crippen LogP contribution in [0.2, 0.25) is 0 Å². The van der Waals surface area contributed by atoms with E-state index in [4.69, 9.17) is 6.57 Å². The molecule has 58 valence electrons. The van der Waals surface area contributed by atoms with Gasteiger partial charge in [-0.05, 0) is 12.1 Å². The van der Waals surface area contributed by atoms with Crippen molar-refractivity contribution in [3.05, 3.63) is 41.7 Å². The Morgan fingerprint density at radius 2 is 2.08 bits per heavy atom. The van der Waals surface area contributed by atoms with Crippen LogP contribution in [-0.2, 0) is 7.05 Å². The third-order valence-corrected chi connectivity index (χ3v) is 2.04. The number of hydrogen-bond donors (Lipinski definition) is 0. The van der Waals surface area contributed by atoms with Crippen LogP contribution in [0.15, 0.2) is 30.3 Å². The Hall–Kier alpha value is -1.75. The molecule has 0 atom stereocenters. The van der Waals surface area contributed by atoms with Crippen LogP contribution in [0.3, 0.4) is 0 Å². The highest BCUT2D eigenvalue weighted by Crippen LogP contribution is 2.23. The molecule has 1 heterocycles. The highest BCUT2D eigenvalue weighted by molar-refractivity contribution is 5.84. The minimum absolute atomic E-state index is 0.691. The molecule has 0 aliphatic carbocycles. The Morgan fingerprint density at radius 1 is 1.33 bits per heavy atom. The minimum atomic E-state index is 0.691. The topological polar surface area (TPSA) is 9.29 Å². The fourth-order valence-corrected chi connectivity index (χ4v) is 1.38. The Bertz CT molecular complexity index is 460. The van der Waals surface area contributed by atoms with Crippen molar-refractivity contribution in [1.82, 2.24) is 4.57 Å². The Labute approximate surface area is 70.9 Å². The molecule has 0 fully saturated rings. The van der Waals surface area contributed by atoms with Crippen molar-refractivity contribution in [2.24, 2.45) is 7.05 Å². The van der Waals surface area contributed by atoms with Crippen LogP contribution < -0.4 is 0 Å². The summed E-state index contributed by atoms with van der Waals surface area (Å²) in [5, 5.41) is 1.13. The van der Waals surface area contributed by atoms with Gasteiger partial charge in [0.1, 0.15) is 5.52 Å². The number of hydrogen-bond acceptors (Lipinski definition) is 0. The second kappa shape index (κ2) is 2.38. The summed E-state index contributed by atoms with van der Waals surface area (Å²) in [4.78, 5) is 3.42. The van der Waals surface area contributed by atoms with Gasteiger partial charge >= 0.3 is 0 Å². The number of aromatic nitrogens is 1. The van der Waals surface area contributed by atoms with Crippen molar-refractivity contribution in [1.29, 1.82) is 0 Å². The first-order valence-electron chi connectivity index (χ1n) is 3.75. The lowest BCUT2D eigenvalue weighted by Crippen LogP contribution is -1.83. The lowest BCUT2D eigenvalue weighted by Gasteiger charge is -1.92. The summed E-state index contributed by atoms with van der Waals surface area (Å²) in [5.74, 6) is 0.691. The van der Waals surface area contributed by atoms with Crippen LogP contribution in [0.5, 0.6) is 0 Å². The SMILES string of the molecule is [C-]#[N+]c1cc2ccccc2n1C. The third kappa shape index (κ3) is 0.802. The summed E-state index contributed by atoms with van der Waals surface area (Å²) in [6, 6.07) is 9.91. The molecule has 1 aromatic carbocycles. The monoisotopic (exact) mass is 156 g/mol. The molecule has 0 aliphatic heterocycles. The summed E-state index contributed by atoms with van der Waals surface area (Å²) in [6.45, 7) is 6.92. The van der Waals surface area contributed by atoms with Gasteiger partial charge in [0, 0.05) is 5.39 Å². The van der Waals surface area contributed by atoms with Gasteiger partial charge in [-0.1, -0.05) is 24.8 Å². The summed E-state index contributed by atoms with van der Waals surface area (Å²) in [5.41, 5.74) is 1.11. The van der Waals surface area contributed by atoms with Crippen LogP contribution in [0.25, 0.3) is 15.7 Å². The third-order valence-electron chi connectivity index (χ3n) is 2.04. The molecule has 0 amide bonds. The van der Waals surface area contributed by atoms with E-state index in [0.29, 0.717) is 5.82 Å². The molecule has 1 aromatic heterocycles. The smallest absolute Gasteiger partial charge is 0.231 e. The molecule has 2 heteroatoms. The van der Waals surface area contributed by atoms with Crippen molar-refractivity contribution in [2.45, 2.75) is 0 Å². The number of benzene rings is 1. The molecule has 0 aliphatic rings. The maximum atomic E-state index is 6.92. The maximum absolute atomic E-state index is 6.92. The first-order valence-corrected chi connectivity index (χ1v) is 3.75. The van der Waals surface area contributed by atoms with E-state index < -0.39 is 0 Å². The first kappa shape index (κ1) is 6.93. The van der Waals surface area contributed by atoms with E-state index in [1.54, 1.807) is 0 Å². The molecular formula is C10H8N2. The van der Waals surface area contributed by atoms with E-state index in [1.807, 2.05) is 41.9 Å². The molecule has 0 spiro atoms. The number of aryl methyl sites for hydroxylation is 1. The zero-order chi connectivity index (χ0) is 8.55. The zero-order valence-corrected chi connectivity index (χ0v) is 6.78. The van der Waals surface area contributed by atoms with Crippen molar-refractivity contribution in [3.8, 4) is 0 Å². The summed E-state index contributed by atoms with van der Waals surface area (Å²) >= 11 is 0. The van der Waals surface area contributed by atoms with Gasteiger partial charge in [-0.2, -0.15) is 0 Å². The van der Waals surface area contributed by atoms with E-state index >= 15 is 0 Å². The predicted molar refractivity (Wildman–Crippen MR) is 49.2 cm³/mol. The Morgan fingerprint density at radius 3 is 2.75 bits per heavy atom. The first-order chi connectivity index (χ1) is 5.83. The normalized spacial score (nSPS) is 10.0. The van der Waals surface area contributed by atoms with Gasteiger partial charge in [-0.25, -0.2) is 0 Å². The van der Waals surface area contributed by atoms with E-state index in [0.717, 1.165) is 10.9 Å². The quantitative estimate of drug-likeness (QED) is 0.519. The average Bonchev–Trinajstić information content (AvgIpc) is 2.44. The van der Waals surface area contributed by atoms with Gasteiger partial charge < -0.3 is 4.85 Å². The van der Waals surface area contributed by atoms with Crippen LogP contribution in [0.4, 0.5) is 5.82 Å². The summed E-state index contributed by atoms with van der Waals surface area (Å²) in [6.07, 6.45) is 0. The largest absolute Gasteiger partial charge is 0.364 e. The predicted octanol–water partition coefficient (Wildman–Crippen LogP) is 2.73. The van der Waals surface area contributed by atoms with Gasteiger partial charge in [-0.3, -0.25) is 4.57 Å². The van der Waals surface area contributed by atoms with E-state index in [1.165, 1.54) is 0 Å². The van der Waals surface area contributed by atoms with Crippen LogP contribution >= 0.6 is 0 Å². The summed E-state index contributed by atoms with van der Waals surface area (Å²) in [7, 11) is 1.91. The van der Waals surface area contributed by atoms with Crippen LogP contribution in [0.1, 0.15) is 0 Å². The van der Waals surface area contributed by atoms with Crippen molar-refractivity contribution >= 4 is 16.7 Å². The van der Waals surface area contributed by atoms with Crippen molar-refractivity contribution < 1.29 is 0 Å². The van der Waals surface area contributed by atoms with E-state index in [2.05, 4.69) is 4.85 Å². The van der Waals surface area contributed by atoms with Gasteiger partial charge in [-0.15, -0.1) is 0 Å². The highest BCUT2D eigenvalue weighted by atomic mass is 15.0. The van der Waals surface area contributed by atoms with Gasteiger partial charge in [0.05, 0.1) is 7.05 Å². The Kier molecular flexibility index (Phi) is 1.38. The molecule has 0 saturated heterocycles. The van der Waals surface area contributed by atoms with Gasteiger partial charge in [0.2, 0.25) is 5.82 Å². The number of rotatable bonds is 0. The molecular weight excluding hydrogens is 148 g/mol. The number of para-hydroxylation sites is 1. The lowest BCUT2D eigenvalue weighted by molar-refractivity contribution is 0.989. The molecule has 0 bridgehead atoms. The molecule has 0 N–H and O–H groups in total. The number of fused-ring (bicyclic) bond motifs is 1. The molecule has 0 radical (unpaired) electrons. The highest BCUT2D eigenvalue weighted by Gasteiger charge is 2.03. The van der Waals surface area contributed by atoms with E-state index in [9.17, 15) is 0 Å². The molecule has 2 rings (SSSR count). The Balaban J connectivity index is 2.90. The van der Waals surface area contributed by atoms with Crippen molar-refractivity contribution in [2.75, 3.05) is 0 Å².